The van der Waals surface area contributed by atoms with Crippen molar-refractivity contribution >= 4 is 11.5 Å². The van der Waals surface area contributed by atoms with Crippen molar-refractivity contribution in [3.8, 4) is 5.69 Å². The summed E-state index contributed by atoms with van der Waals surface area (Å²) in [4.78, 5) is 10.4. The lowest BCUT2D eigenvalue weighted by Gasteiger charge is -2.06. The van der Waals surface area contributed by atoms with E-state index in [1.165, 1.54) is 10.7 Å². The number of rotatable bonds is 2. The van der Waals surface area contributed by atoms with E-state index in [1.807, 2.05) is 0 Å². The molecule has 7 heteroatoms. The molecule has 17 heavy (non-hydrogen) atoms. The maximum atomic E-state index is 10.8. The summed E-state index contributed by atoms with van der Waals surface area (Å²) >= 11 is 0. The van der Waals surface area contributed by atoms with Crippen LogP contribution in [0.2, 0.25) is 0 Å². The molecule has 88 valence electrons. The van der Waals surface area contributed by atoms with Gasteiger partial charge in [-0.1, -0.05) is 11.3 Å². The van der Waals surface area contributed by atoms with Crippen LogP contribution in [-0.2, 0) is 0 Å². The van der Waals surface area contributed by atoms with E-state index in [4.69, 9.17) is 5.73 Å². The number of nitrogen functional groups attached to an aromatic ring is 1. The number of aromatic nitrogens is 3. The van der Waals surface area contributed by atoms with E-state index in [9.17, 15) is 10.1 Å². The molecule has 0 fully saturated rings. The fraction of sp³-hybridized carbons (Fsp3) is 0.200. The van der Waals surface area contributed by atoms with E-state index in [-0.39, 0.29) is 5.69 Å². The number of hydrogen-bond donors (Lipinski definition) is 1. The average Bonchev–Trinajstić information content (AvgIpc) is 2.60. The van der Waals surface area contributed by atoms with Gasteiger partial charge >= 0.3 is 0 Å². The highest BCUT2D eigenvalue weighted by Crippen LogP contribution is 2.25. The molecule has 1 aromatic carbocycles. The first-order chi connectivity index (χ1) is 8.02. The topological polar surface area (TPSA) is 99.9 Å². The van der Waals surface area contributed by atoms with Gasteiger partial charge in [0.05, 0.1) is 21.9 Å². The van der Waals surface area contributed by atoms with Gasteiger partial charge in [0, 0.05) is 6.07 Å². The van der Waals surface area contributed by atoms with Crippen molar-refractivity contribution < 1.29 is 4.92 Å². The van der Waals surface area contributed by atoms with Crippen LogP contribution in [0.1, 0.15) is 11.3 Å². The molecular formula is C10H11N5O2. The van der Waals surface area contributed by atoms with Gasteiger partial charge in [-0.15, -0.1) is 5.10 Å². The lowest BCUT2D eigenvalue weighted by atomic mass is 10.1. The van der Waals surface area contributed by atoms with Gasteiger partial charge in [-0.3, -0.25) is 10.1 Å². The average molecular weight is 233 g/mol. The van der Waals surface area contributed by atoms with Crippen molar-refractivity contribution in [3.05, 3.63) is 39.6 Å². The summed E-state index contributed by atoms with van der Waals surface area (Å²) in [6.07, 6.45) is 0. The predicted molar refractivity (Wildman–Crippen MR) is 61.9 cm³/mol. The third kappa shape index (κ3) is 1.71. The molecule has 1 heterocycles. The van der Waals surface area contributed by atoms with Gasteiger partial charge < -0.3 is 5.73 Å². The van der Waals surface area contributed by atoms with E-state index < -0.39 is 4.92 Å². The molecule has 1 aromatic heterocycles. The van der Waals surface area contributed by atoms with E-state index in [1.54, 1.807) is 26.0 Å². The Labute approximate surface area is 97.0 Å². The highest BCUT2D eigenvalue weighted by molar-refractivity contribution is 5.53. The third-order valence-corrected chi connectivity index (χ3v) is 2.63. The molecule has 2 aromatic rings. The maximum Gasteiger partial charge on any atom is 0.274 e. The summed E-state index contributed by atoms with van der Waals surface area (Å²) in [6.45, 7) is 3.43. The second kappa shape index (κ2) is 3.85. The number of nitrogens with two attached hydrogens (primary N) is 1. The smallest absolute Gasteiger partial charge is 0.274 e. The van der Waals surface area contributed by atoms with E-state index >= 15 is 0 Å². The summed E-state index contributed by atoms with van der Waals surface area (Å²) in [5.74, 6) is 0.316. The van der Waals surface area contributed by atoms with Gasteiger partial charge in [0.2, 0.25) is 0 Å². The standard InChI is InChI=1S/C10H11N5O2/c1-6-8(4-3-5-9(6)15(16)17)14-7(2)10(11)12-13-14/h3-5H,11H2,1-2H3. The summed E-state index contributed by atoms with van der Waals surface area (Å²) in [5, 5.41) is 18.4. The first-order valence-electron chi connectivity index (χ1n) is 4.94. The number of hydrogen-bond acceptors (Lipinski definition) is 5. The van der Waals surface area contributed by atoms with Crippen LogP contribution >= 0.6 is 0 Å². The lowest BCUT2D eigenvalue weighted by molar-refractivity contribution is -0.385. The Bertz CT molecular complexity index is 590. The number of benzene rings is 1. The number of nitro benzene ring substituents is 1. The summed E-state index contributed by atoms with van der Waals surface area (Å²) in [5.41, 5.74) is 7.45. The molecule has 0 aliphatic rings. The van der Waals surface area contributed by atoms with E-state index in [0.717, 1.165) is 0 Å². The van der Waals surface area contributed by atoms with Gasteiger partial charge in [0.25, 0.3) is 5.69 Å². The molecule has 7 nitrogen and oxygen atoms in total. The normalized spacial score (nSPS) is 10.5. The molecule has 0 spiro atoms. The number of nitrogens with zero attached hydrogens (tertiary/aromatic N) is 4. The molecule has 0 aliphatic heterocycles. The SMILES string of the molecule is Cc1c(-n2nnc(N)c2C)cccc1[N+](=O)[O-]. The van der Waals surface area contributed by atoms with Gasteiger partial charge in [-0.05, 0) is 19.9 Å². The second-order valence-corrected chi connectivity index (χ2v) is 3.65. The van der Waals surface area contributed by atoms with Crippen LogP contribution in [0.4, 0.5) is 11.5 Å². The van der Waals surface area contributed by atoms with Crippen LogP contribution in [-0.4, -0.2) is 19.9 Å². The Hall–Kier alpha value is -2.44. The molecule has 0 unspecified atom stereocenters. The molecular weight excluding hydrogens is 222 g/mol. The minimum atomic E-state index is -0.422. The summed E-state index contributed by atoms with van der Waals surface area (Å²) < 4.78 is 1.50. The van der Waals surface area contributed by atoms with Crippen molar-refractivity contribution in [2.75, 3.05) is 5.73 Å². The van der Waals surface area contributed by atoms with Crippen molar-refractivity contribution in [3.63, 3.8) is 0 Å². The quantitative estimate of drug-likeness (QED) is 0.623. The van der Waals surface area contributed by atoms with Crippen LogP contribution in [0.15, 0.2) is 18.2 Å². The van der Waals surface area contributed by atoms with Crippen LogP contribution in [0.5, 0.6) is 0 Å². The first-order valence-corrected chi connectivity index (χ1v) is 4.94. The van der Waals surface area contributed by atoms with Crippen LogP contribution in [0.25, 0.3) is 5.69 Å². The zero-order valence-corrected chi connectivity index (χ0v) is 9.41. The monoisotopic (exact) mass is 233 g/mol. The van der Waals surface area contributed by atoms with Gasteiger partial charge in [0.15, 0.2) is 5.82 Å². The Balaban J connectivity index is 2.65. The van der Waals surface area contributed by atoms with Crippen molar-refractivity contribution in [2.24, 2.45) is 0 Å². The minimum absolute atomic E-state index is 0.0518. The Morgan fingerprint density at radius 3 is 2.65 bits per heavy atom. The van der Waals surface area contributed by atoms with Crippen molar-refractivity contribution in [2.45, 2.75) is 13.8 Å². The van der Waals surface area contributed by atoms with Crippen molar-refractivity contribution in [1.29, 1.82) is 0 Å². The highest BCUT2D eigenvalue weighted by atomic mass is 16.6. The van der Waals surface area contributed by atoms with E-state index in [2.05, 4.69) is 10.3 Å². The fourth-order valence-electron chi connectivity index (χ4n) is 1.61. The molecule has 0 saturated heterocycles. The zero-order chi connectivity index (χ0) is 12.6. The Kier molecular flexibility index (Phi) is 2.51. The highest BCUT2D eigenvalue weighted by Gasteiger charge is 2.16. The third-order valence-electron chi connectivity index (χ3n) is 2.63. The molecule has 0 aliphatic carbocycles. The minimum Gasteiger partial charge on any atom is -0.381 e. The first kappa shape index (κ1) is 11.1. The molecule has 0 bridgehead atoms. The Morgan fingerprint density at radius 1 is 1.41 bits per heavy atom. The number of anilines is 1. The maximum absolute atomic E-state index is 10.8. The van der Waals surface area contributed by atoms with E-state index in [0.29, 0.717) is 22.8 Å². The second-order valence-electron chi connectivity index (χ2n) is 3.65. The summed E-state index contributed by atoms with van der Waals surface area (Å²) in [6, 6.07) is 4.80. The van der Waals surface area contributed by atoms with Crippen molar-refractivity contribution in [1.82, 2.24) is 15.0 Å². The van der Waals surface area contributed by atoms with Crippen LogP contribution in [0.3, 0.4) is 0 Å². The molecule has 0 radical (unpaired) electrons. The number of nitro groups is 1. The largest absolute Gasteiger partial charge is 0.381 e. The zero-order valence-electron chi connectivity index (χ0n) is 9.41. The summed E-state index contributed by atoms with van der Waals surface area (Å²) in [7, 11) is 0. The molecule has 0 amide bonds. The fourth-order valence-corrected chi connectivity index (χ4v) is 1.61. The molecule has 2 N–H and O–H groups in total. The van der Waals surface area contributed by atoms with Gasteiger partial charge in [-0.2, -0.15) is 0 Å². The van der Waals surface area contributed by atoms with Gasteiger partial charge in [-0.25, -0.2) is 4.68 Å². The molecule has 0 saturated carbocycles. The molecule has 2 rings (SSSR count). The Morgan fingerprint density at radius 2 is 2.12 bits per heavy atom. The lowest BCUT2D eigenvalue weighted by Crippen LogP contribution is -2.04. The van der Waals surface area contributed by atoms with Crippen LogP contribution in [0, 0.1) is 24.0 Å². The predicted octanol–water partition coefficient (Wildman–Crippen LogP) is 1.37. The van der Waals surface area contributed by atoms with Gasteiger partial charge in [0.1, 0.15) is 0 Å². The molecule has 0 atom stereocenters. The van der Waals surface area contributed by atoms with Crippen LogP contribution < -0.4 is 5.73 Å².